The molecule has 0 bridgehead atoms. The fourth-order valence-electron chi connectivity index (χ4n) is 4.65. The summed E-state index contributed by atoms with van der Waals surface area (Å²) in [5.74, 6) is 0.0894. The van der Waals surface area contributed by atoms with Crippen molar-refractivity contribution in [2.24, 2.45) is 5.41 Å². The maximum absolute atomic E-state index is 13.1. The summed E-state index contributed by atoms with van der Waals surface area (Å²) in [5.41, 5.74) is 2.55. The number of hydrogen-bond donors (Lipinski definition) is 2. The fraction of sp³-hybridized carbons (Fsp3) is 0.550. The number of aliphatic hydroxyl groups is 1. The molecule has 1 aromatic carbocycles. The van der Waals surface area contributed by atoms with Crippen LogP contribution in [0.4, 0.5) is 0 Å². The zero-order valence-corrected chi connectivity index (χ0v) is 14.9. The third kappa shape index (κ3) is 2.49. The predicted molar refractivity (Wildman–Crippen MR) is 96.6 cm³/mol. The number of nitrogens with zero attached hydrogens (tertiary/aromatic N) is 1. The normalized spacial score (nSPS) is 25.3. The summed E-state index contributed by atoms with van der Waals surface area (Å²) < 4.78 is 5.82. The van der Waals surface area contributed by atoms with Crippen molar-refractivity contribution in [3.63, 3.8) is 0 Å². The molecule has 134 valence electrons. The Labute approximate surface area is 148 Å². The first-order valence-electron chi connectivity index (χ1n) is 9.23. The van der Waals surface area contributed by atoms with Crippen LogP contribution in [0.2, 0.25) is 0 Å². The summed E-state index contributed by atoms with van der Waals surface area (Å²) in [5, 5.41) is 11.3. The molecule has 4 rings (SSSR count). The van der Waals surface area contributed by atoms with Crippen LogP contribution in [0.5, 0.6) is 0 Å². The number of likely N-dealkylation sites (tertiary alicyclic amines) is 1. The number of carbonyl (C=O) groups is 1. The van der Waals surface area contributed by atoms with Gasteiger partial charge in [-0.1, -0.05) is 18.2 Å². The lowest BCUT2D eigenvalue weighted by molar-refractivity contribution is -0.207. The molecule has 1 amide bonds. The molecule has 1 aromatic heterocycles. The number of amides is 1. The van der Waals surface area contributed by atoms with E-state index in [1.807, 2.05) is 43.0 Å². The van der Waals surface area contributed by atoms with Crippen molar-refractivity contribution in [2.75, 3.05) is 19.7 Å². The van der Waals surface area contributed by atoms with Crippen LogP contribution in [0.3, 0.4) is 0 Å². The number of hydrogen-bond acceptors (Lipinski definition) is 3. The van der Waals surface area contributed by atoms with Gasteiger partial charge in [-0.3, -0.25) is 4.79 Å². The summed E-state index contributed by atoms with van der Waals surface area (Å²) in [6.07, 6.45) is 2.19. The number of benzene rings is 1. The number of piperidine rings is 1. The van der Waals surface area contributed by atoms with Crippen molar-refractivity contribution in [1.29, 1.82) is 0 Å². The lowest BCUT2D eigenvalue weighted by Crippen LogP contribution is -2.62. The zero-order valence-electron chi connectivity index (χ0n) is 14.9. The van der Waals surface area contributed by atoms with Gasteiger partial charge in [-0.15, -0.1) is 0 Å². The Morgan fingerprint density at radius 3 is 2.76 bits per heavy atom. The third-order valence-corrected chi connectivity index (χ3v) is 6.20. The summed E-state index contributed by atoms with van der Waals surface area (Å²) in [6.45, 7) is 5.99. The average molecular weight is 342 g/mol. The molecule has 5 nitrogen and oxygen atoms in total. The van der Waals surface area contributed by atoms with Crippen LogP contribution in [0, 0.1) is 12.3 Å². The van der Waals surface area contributed by atoms with E-state index in [2.05, 4.69) is 4.98 Å². The molecule has 1 saturated carbocycles. The molecule has 0 unspecified atom stereocenters. The Morgan fingerprint density at radius 2 is 2.08 bits per heavy atom. The fourth-order valence-corrected chi connectivity index (χ4v) is 4.65. The molecule has 2 aromatic rings. The summed E-state index contributed by atoms with van der Waals surface area (Å²) in [6, 6.07) is 7.94. The molecule has 1 saturated heterocycles. The molecule has 2 N–H and O–H groups in total. The van der Waals surface area contributed by atoms with E-state index < -0.39 is 0 Å². The van der Waals surface area contributed by atoms with E-state index in [0.717, 1.165) is 41.4 Å². The Morgan fingerprint density at radius 1 is 1.36 bits per heavy atom. The second-order valence-corrected chi connectivity index (χ2v) is 7.39. The molecular formula is C20H26N2O3. The molecule has 2 heterocycles. The number of aromatic nitrogens is 1. The summed E-state index contributed by atoms with van der Waals surface area (Å²) >= 11 is 0. The highest BCUT2D eigenvalue weighted by Crippen LogP contribution is 2.51. The van der Waals surface area contributed by atoms with Crippen LogP contribution in [0.25, 0.3) is 10.9 Å². The summed E-state index contributed by atoms with van der Waals surface area (Å²) in [7, 11) is 0. The van der Waals surface area contributed by atoms with Gasteiger partial charge in [0.05, 0.1) is 17.8 Å². The molecule has 5 heteroatoms. The standard InChI is InChI=1S/C20H26N2O3/c1-3-25-17-12-16(23)20(17)8-10-22(11-9-20)19(24)18-13(2)21-15-7-5-4-6-14(15)18/h4-7,16-17,21,23H,3,8-12H2,1-2H3/t16-,17+/m0/s1. The lowest BCUT2D eigenvalue weighted by atomic mass is 9.58. The van der Waals surface area contributed by atoms with Crippen molar-refractivity contribution >= 4 is 16.8 Å². The molecular weight excluding hydrogens is 316 g/mol. The smallest absolute Gasteiger partial charge is 0.256 e. The predicted octanol–water partition coefficient (Wildman–Crippen LogP) is 2.87. The number of H-pyrrole nitrogens is 1. The molecule has 1 spiro atoms. The number of para-hydroxylation sites is 1. The van der Waals surface area contributed by atoms with E-state index in [0.29, 0.717) is 19.7 Å². The molecule has 2 atom stereocenters. The molecule has 2 aliphatic rings. The third-order valence-electron chi connectivity index (χ3n) is 6.20. The van der Waals surface area contributed by atoms with Gasteiger partial charge in [0.15, 0.2) is 0 Å². The number of ether oxygens (including phenoxy) is 1. The number of carbonyl (C=O) groups excluding carboxylic acids is 1. The van der Waals surface area contributed by atoms with Gasteiger partial charge in [0.1, 0.15) is 0 Å². The van der Waals surface area contributed by atoms with Crippen molar-refractivity contribution in [1.82, 2.24) is 9.88 Å². The average Bonchev–Trinajstić information content (AvgIpc) is 2.97. The van der Waals surface area contributed by atoms with Gasteiger partial charge in [0.2, 0.25) is 0 Å². The lowest BCUT2D eigenvalue weighted by Gasteiger charge is -2.56. The van der Waals surface area contributed by atoms with E-state index in [9.17, 15) is 9.90 Å². The number of fused-ring (bicyclic) bond motifs is 1. The first-order valence-corrected chi connectivity index (χ1v) is 9.23. The van der Waals surface area contributed by atoms with Crippen LogP contribution in [0.15, 0.2) is 24.3 Å². The first-order chi connectivity index (χ1) is 12.1. The Balaban J connectivity index is 1.53. The molecule has 25 heavy (non-hydrogen) atoms. The van der Waals surface area contributed by atoms with Gasteiger partial charge < -0.3 is 19.7 Å². The van der Waals surface area contributed by atoms with Crippen molar-refractivity contribution < 1.29 is 14.6 Å². The van der Waals surface area contributed by atoms with E-state index in [1.54, 1.807) is 0 Å². The maximum Gasteiger partial charge on any atom is 0.256 e. The van der Waals surface area contributed by atoms with E-state index in [-0.39, 0.29) is 23.5 Å². The van der Waals surface area contributed by atoms with Crippen molar-refractivity contribution in [3.8, 4) is 0 Å². The van der Waals surface area contributed by atoms with E-state index in [1.165, 1.54) is 0 Å². The highest BCUT2D eigenvalue weighted by molar-refractivity contribution is 6.08. The quantitative estimate of drug-likeness (QED) is 0.901. The highest BCUT2D eigenvalue weighted by atomic mass is 16.5. The van der Waals surface area contributed by atoms with Gasteiger partial charge in [0, 0.05) is 48.1 Å². The first kappa shape index (κ1) is 16.6. The van der Waals surface area contributed by atoms with Gasteiger partial charge in [-0.2, -0.15) is 0 Å². The van der Waals surface area contributed by atoms with Crippen LogP contribution >= 0.6 is 0 Å². The topological polar surface area (TPSA) is 65.6 Å². The van der Waals surface area contributed by atoms with Gasteiger partial charge in [0.25, 0.3) is 5.91 Å². The van der Waals surface area contributed by atoms with E-state index in [4.69, 9.17) is 4.74 Å². The van der Waals surface area contributed by atoms with Gasteiger partial charge in [-0.05, 0) is 32.8 Å². The minimum atomic E-state index is -0.295. The molecule has 1 aliphatic heterocycles. The van der Waals surface area contributed by atoms with Crippen LogP contribution in [-0.4, -0.2) is 52.8 Å². The second-order valence-electron chi connectivity index (χ2n) is 7.39. The zero-order chi connectivity index (χ0) is 17.6. The van der Waals surface area contributed by atoms with Crippen molar-refractivity contribution in [2.45, 2.75) is 45.3 Å². The molecule has 0 radical (unpaired) electrons. The van der Waals surface area contributed by atoms with E-state index >= 15 is 0 Å². The molecule has 1 aliphatic carbocycles. The highest BCUT2D eigenvalue weighted by Gasteiger charge is 2.56. The number of aliphatic hydroxyl groups excluding tert-OH is 1. The number of aromatic amines is 1. The largest absolute Gasteiger partial charge is 0.392 e. The van der Waals surface area contributed by atoms with Gasteiger partial charge >= 0.3 is 0 Å². The SMILES string of the molecule is CCO[C@@H]1C[C@H](O)C12CCN(C(=O)c1c(C)[nH]c3ccccc13)CC2. The van der Waals surface area contributed by atoms with Crippen LogP contribution in [0.1, 0.15) is 42.2 Å². The minimum Gasteiger partial charge on any atom is -0.392 e. The number of nitrogens with one attached hydrogen (secondary N) is 1. The van der Waals surface area contributed by atoms with Gasteiger partial charge in [-0.25, -0.2) is 0 Å². The van der Waals surface area contributed by atoms with Crippen molar-refractivity contribution in [3.05, 3.63) is 35.5 Å². The minimum absolute atomic E-state index is 0.0894. The second kappa shape index (κ2) is 6.15. The van der Waals surface area contributed by atoms with Crippen LogP contribution < -0.4 is 0 Å². The van der Waals surface area contributed by atoms with Crippen LogP contribution in [-0.2, 0) is 4.74 Å². The molecule has 2 fully saturated rings. The Hall–Kier alpha value is -1.85. The Kier molecular flexibility index (Phi) is 4.08. The summed E-state index contributed by atoms with van der Waals surface area (Å²) in [4.78, 5) is 18.4. The Bertz CT molecular complexity index is 787. The number of rotatable bonds is 3. The maximum atomic E-state index is 13.1. The monoisotopic (exact) mass is 342 g/mol. The number of aryl methyl sites for hydroxylation is 1.